The maximum absolute atomic E-state index is 13.9. The molecule has 4 heterocycles. The van der Waals surface area contributed by atoms with Crippen LogP contribution in [0, 0.1) is 0 Å². The second kappa shape index (κ2) is 10.6. The van der Waals surface area contributed by atoms with Crippen LogP contribution in [-0.4, -0.2) is 64.4 Å². The zero-order chi connectivity index (χ0) is 25.1. The highest BCUT2D eigenvalue weighted by molar-refractivity contribution is 6.35. The summed E-state index contributed by atoms with van der Waals surface area (Å²) in [5.74, 6) is -2.32. The molecule has 1 N–H and O–H groups in total. The lowest BCUT2D eigenvalue weighted by molar-refractivity contribution is -0.0632. The molecule has 0 saturated carbocycles. The van der Waals surface area contributed by atoms with E-state index in [2.05, 4.69) is 25.2 Å². The molecule has 36 heavy (non-hydrogen) atoms. The van der Waals surface area contributed by atoms with Crippen molar-refractivity contribution in [2.24, 2.45) is 0 Å². The number of hydrogen-bond acceptors (Lipinski definition) is 6. The quantitative estimate of drug-likeness (QED) is 0.506. The Morgan fingerprint density at radius 2 is 1.75 bits per heavy atom. The van der Waals surface area contributed by atoms with Gasteiger partial charge in [0.2, 0.25) is 5.95 Å². The van der Waals surface area contributed by atoms with Gasteiger partial charge in [0.1, 0.15) is 0 Å². The highest BCUT2D eigenvalue weighted by atomic mass is 35.5. The molecule has 5 rings (SSSR count). The van der Waals surface area contributed by atoms with Crippen molar-refractivity contribution in [3.8, 4) is 0 Å². The second-order valence-electron chi connectivity index (χ2n) is 9.47. The fraction of sp³-hybridized carbons (Fsp3) is 0.462. The van der Waals surface area contributed by atoms with Gasteiger partial charge in [0.05, 0.1) is 22.1 Å². The normalized spacial score (nSPS) is 19.2. The van der Waals surface area contributed by atoms with Crippen molar-refractivity contribution < 1.29 is 13.6 Å². The monoisotopic (exact) mass is 514 g/mol. The Bertz CT molecular complexity index is 1210. The van der Waals surface area contributed by atoms with Crippen LogP contribution in [0.25, 0.3) is 10.9 Å². The third-order valence-corrected chi connectivity index (χ3v) is 7.38. The SMILES string of the molecule is O=C(NCC(c1cnc(N2CCCCC2)nc1)N1CCC(F)(F)CC1)c1c(Cl)ccc2ncccc12. The minimum atomic E-state index is -2.66. The summed E-state index contributed by atoms with van der Waals surface area (Å²) >= 11 is 6.39. The highest BCUT2D eigenvalue weighted by Gasteiger charge is 2.37. The van der Waals surface area contributed by atoms with E-state index in [0.29, 0.717) is 27.4 Å². The number of hydrogen-bond donors (Lipinski definition) is 1. The fourth-order valence-electron chi connectivity index (χ4n) is 5.02. The Kier molecular flexibility index (Phi) is 7.29. The first kappa shape index (κ1) is 24.8. The number of fused-ring (bicyclic) bond motifs is 1. The van der Waals surface area contributed by atoms with E-state index in [1.54, 1.807) is 42.9 Å². The molecule has 0 aliphatic carbocycles. The van der Waals surface area contributed by atoms with E-state index < -0.39 is 5.92 Å². The highest BCUT2D eigenvalue weighted by Crippen LogP contribution is 2.32. The summed E-state index contributed by atoms with van der Waals surface area (Å²) in [6, 6.07) is 6.65. The summed E-state index contributed by atoms with van der Waals surface area (Å²) in [4.78, 5) is 30.9. The van der Waals surface area contributed by atoms with Crippen molar-refractivity contribution in [2.45, 2.75) is 44.1 Å². The molecule has 2 aliphatic rings. The smallest absolute Gasteiger partial charge is 0.253 e. The number of anilines is 1. The first-order valence-electron chi connectivity index (χ1n) is 12.4. The molecule has 1 aromatic carbocycles. The van der Waals surface area contributed by atoms with Crippen molar-refractivity contribution in [1.82, 2.24) is 25.2 Å². The number of nitrogens with one attached hydrogen (secondary N) is 1. The zero-order valence-corrected chi connectivity index (χ0v) is 20.7. The molecular formula is C26H29ClF2N6O. The topological polar surface area (TPSA) is 74.2 Å². The summed E-state index contributed by atoms with van der Waals surface area (Å²) in [5.41, 5.74) is 1.80. The van der Waals surface area contributed by atoms with Gasteiger partial charge in [0.15, 0.2) is 0 Å². The summed E-state index contributed by atoms with van der Waals surface area (Å²) in [5, 5.41) is 3.97. The van der Waals surface area contributed by atoms with Crippen molar-refractivity contribution in [3.63, 3.8) is 0 Å². The molecule has 0 bridgehead atoms. The molecule has 0 radical (unpaired) electrons. The maximum Gasteiger partial charge on any atom is 0.253 e. The second-order valence-corrected chi connectivity index (χ2v) is 9.88. The summed E-state index contributed by atoms with van der Waals surface area (Å²) in [6.45, 7) is 2.52. The van der Waals surface area contributed by atoms with E-state index in [4.69, 9.17) is 11.6 Å². The molecule has 10 heteroatoms. The molecule has 1 amide bonds. The Morgan fingerprint density at radius 1 is 1.03 bits per heavy atom. The number of pyridine rings is 1. The van der Waals surface area contributed by atoms with Crippen LogP contribution in [0.1, 0.15) is 54.1 Å². The van der Waals surface area contributed by atoms with E-state index in [0.717, 1.165) is 31.5 Å². The average molecular weight is 515 g/mol. The number of carbonyl (C=O) groups excluding carboxylic acids is 1. The molecule has 190 valence electrons. The summed E-state index contributed by atoms with van der Waals surface area (Å²) < 4.78 is 27.8. The Morgan fingerprint density at radius 3 is 2.47 bits per heavy atom. The lowest BCUT2D eigenvalue weighted by atomic mass is 10.0. The van der Waals surface area contributed by atoms with E-state index in [1.165, 1.54) is 6.42 Å². The fourth-order valence-corrected chi connectivity index (χ4v) is 5.27. The van der Waals surface area contributed by atoms with E-state index >= 15 is 0 Å². The van der Waals surface area contributed by atoms with Crippen molar-refractivity contribution in [1.29, 1.82) is 0 Å². The number of halogens is 3. The van der Waals surface area contributed by atoms with Crippen LogP contribution in [-0.2, 0) is 0 Å². The molecule has 7 nitrogen and oxygen atoms in total. The van der Waals surface area contributed by atoms with Crippen molar-refractivity contribution >= 4 is 34.4 Å². The standard InChI is InChI=1S/C26H29ClF2N6O/c27-20-6-7-21-19(5-4-10-30-21)23(20)24(36)31-17-22(34-13-8-26(28,29)9-14-34)18-15-32-25(33-16-18)35-11-2-1-3-12-35/h4-7,10,15-16,22H,1-3,8-9,11-14,17H2,(H,31,36). The molecule has 1 unspecified atom stereocenters. The average Bonchev–Trinajstić information content (AvgIpc) is 2.90. The molecule has 2 aromatic heterocycles. The number of alkyl halides is 2. The molecule has 0 spiro atoms. The number of carbonyl (C=O) groups is 1. The van der Waals surface area contributed by atoms with E-state index in [-0.39, 0.29) is 44.4 Å². The predicted octanol–water partition coefficient (Wildman–Crippen LogP) is 4.87. The molecule has 1 atom stereocenters. The van der Waals surface area contributed by atoms with Gasteiger partial charge in [-0.15, -0.1) is 0 Å². The maximum atomic E-state index is 13.9. The minimum absolute atomic E-state index is 0.212. The van der Waals surface area contributed by atoms with Crippen LogP contribution in [0.2, 0.25) is 5.02 Å². The number of piperidine rings is 2. The lowest BCUT2D eigenvalue weighted by Gasteiger charge is -2.37. The van der Waals surface area contributed by atoms with Crippen LogP contribution >= 0.6 is 11.6 Å². The zero-order valence-electron chi connectivity index (χ0n) is 20.0. The number of amides is 1. The minimum Gasteiger partial charge on any atom is -0.350 e. The van der Waals surface area contributed by atoms with Gasteiger partial charge in [0.25, 0.3) is 11.8 Å². The van der Waals surface area contributed by atoms with Gasteiger partial charge < -0.3 is 10.2 Å². The third-order valence-electron chi connectivity index (χ3n) is 7.07. The number of rotatable bonds is 6. The van der Waals surface area contributed by atoms with Crippen LogP contribution in [0.5, 0.6) is 0 Å². The molecule has 3 aromatic rings. The summed E-state index contributed by atoms with van der Waals surface area (Å²) in [7, 11) is 0. The first-order chi connectivity index (χ1) is 17.4. The number of benzene rings is 1. The van der Waals surface area contributed by atoms with E-state index in [9.17, 15) is 13.6 Å². The Labute approximate surface area is 213 Å². The predicted molar refractivity (Wildman–Crippen MR) is 136 cm³/mol. The number of likely N-dealkylation sites (tertiary alicyclic amines) is 1. The number of nitrogens with zero attached hydrogens (tertiary/aromatic N) is 5. The van der Waals surface area contributed by atoms with Crippen LogP contribution in [0.3, 0.4) is 0 Å². The van der Waals surface area contributed by atoms with Gasteiger partial charge in [-0.1, -0.05) is 17.7 Å². The van der Waals surface area contributed by atoms with Crippen LogP contribution in [0.15, 0.2) is 42.9 Å². The Hall–Kier alpha value is -2.91. The first-order valence-corrected chi connectivity index (χ1v) is 12.8. The molecule has 2 fully saturated rings. The van der Waals surface area contributed by atoms with Crippen molar-refractivity contribution in [2.75, 3.05) is 37.6 Å². The van der Waals surface area contributed by atoms with Crippen LogP contribution in [0.4, 0.5) is 14.7 Å². The molecule has 2 saturated heterocycles. The molecule has 2 aliphatic heterocycles. The van der Waals surface area contributed by atoms with Gasteiger partial charge in [-0.25, -0.2) is 18.7 Å². The Balaban J connectivity index is 1.37. The van der Waals surface area contributed by atoms with E-state index in [1.807, 2.05) is 4.90 Å². The van der Waals surface area contributed by atoms with Gasteiger partial charge >= 0.3 is 0 Å². The van der Waals surface area contributed by atoms with Gasteiger partial charge in [-0.2, -0.15) is 0 Å². The third kappa shape index (κ3) is 5.42. The number of aromatic nitrogens is 3. The van der Waals surface area contributed by atoms with Crippen molar-refractivity contribution in [3.05, 3.63) is 59.0 Å². The van der Waals surface area contributed by atoms with Gasteiger partial charge in [-0.3, -0.25) is 14.7 Å². The van der Waals surface area contributed by atoms with Gasteiger partial charge in [-0.05, 0) is 37.5 Å². The summed E-state index contributed by atoms with van der Waals surface area (Å²) in [6.07, 6.45) is 8.20. The van der Waals surface area contributed by atoms with Gasteiger partial charge in [0, 0.05) is 75.1 Å². The lowest BCUT2D eigenvalue weighted by Crippen LogP contribution is -2.45. The van der Waals surface area contributed by atoms with Crippen LogP contribution < -0.4 is 10.2 Å². The molecular weight excluding hydrogens is 486 g/mol. The largest absolute Gasteiger partial charge is 0.350 e.